The van der Waals surface area contributed by atoms with Crippen molar-refractivity contribution in [2.24, 2.45) is 5.73 Å². The molecule has 0 saturated heterocycles. The Morgan fingerprint density at radius 3 is 3.11 bits per heavy atom. The maximum atomic E-state index is 10.4. The van der Waals surface area contributed by atoms with Gasteiger partial charge >= 0.3 is 0 Å². The summed E-state index contributed by atoms with van der Waals surface area (Å²) in [7, 11) is 0. The molecule has 0 saturated carbocycles. The molecule has 0 fully saturated rings. The fourth-order valence-corrected chi connectivity index (χ4v) is 0.419. The lowest BCUT2D eigenvalue weighted by atomic mass is 10.3. The molecule has 1 atom stereocenters. The van der Waals surface area contributed by atoms with Crippen molar-refractivity contribution in [2.75, 3.05) is 6.54 Å². The zero-order valence-electron chi connectivity index (χ0n) is 6.68. The smallest absolute Gasteiger partial charge is 0.234 e. The summed E-state index contributed by atoms with van der Waals surface area (Å²) >= 11 is 0. The topological polar surface area (TPSA) is 55.1 Å². The van der Waals surface area contributed by atoms with Gasteiger partial charge in [-0.05, 0) is 19.9 Å². The number of nitrogens with two attached hydrogens (primary N) is 1. The van der Waals surface area contributed by atoms with Crippen LogP contribution in [0.1, 0.15) is 21.6 Å². The molecule has 9 heavy (non-hydrogen) atoms. The Balaban J connectivity index is 3.21. The molecule has 0 heterocycles. The third-order valence-corrected chi connectivity index (χ3v) is 1.05. The third kappa shape index (κ3) is 3.97. The second-order valence-corrected chi connectivity index (χ2v) is 1.93. The summed E-state index contributed by atoms with van der Waals surface area (Å²) in [6.07, 6.45) is 0.762. The van der Waals surface area contributed by atoms with Crippen LogP contribution >= 0.6 is 0 Å². The van der Waals surface area contributed by atoms with Crippen LogP contribution in [0.15, 0.2) is 0 Å². The molecule has 54 valence electrons. The largest absolute Gasteiger partial charge is 0.368 e. The molecule has 0 aromatic rings. The first-order valence-corrected chi connectivity index (χ1v) is 3.00. The van der Waals surface area contributed by atoms with Gasteiger partial charge in [0.2, 0.25) is 5.91 Å². The number of amides is 1. The lowest BCUT2D eigenvalue weighted by molar-refractivity contribution is -0.119. The van der Waals surface area contributed by atoms with Crippen LogP contribution in [-0.2, 0) is 4.79 Å². The molecule has 3 nitrogen and oxygen atoms in total. The van der Waals surface area contributed by atoms with Gasteiger partial charge in [-0.1, -0.05) is 6.90 Å². The predicted molar refractivity (Wildman–Crippen MR) is 37.0 cm³/mol. The van der Waals surface area contributed by atoms with Crippen LogP contribution in [-0.4, -0.2) is 18.5 Å². The fraction of sp³-hybridized carbons (Fsp3) is 0.833. The van der Waals surface area contributed by atoms with E-state index in [1.807, 2.05) is 0 Å². The maximum absolute atomic E-state index is 10.4. The molecule has 3 N–H and O–H groups in total. The Labute approximate surface area is 57.0 Å². The third-order valence-electron chi connectivity index (χ3n) is 1.05. The molecule has 1 amide bonds. The highest BCUT2D eigenvalue weighted by Crippen LogP contribution is 1.78. The van der Waals surface area contributed by atoms with Crippen LogP contribution in [0.5, 0.6) is 0 Å². The number of hydrogen-bond donors (Lipinski definition) is 2. The molecule has 0 radical (unpaired) electrons. The SMILES string of the molecule is [2H]CCCN[C@@H](C)C(N)=O. The lowest BCUT2D eigenvalue weighted by Gasteiger charge is -2.06. The molecule has 0 aromatic heterocycles. The molecule has 0 aromatic carbocycles. The van der Waals surface area contributed by atoms with Crippen LogP contribution < -0.4 is 11.1 Å². The van der Waals surface area contributed by atoms with Crippen molar-refractivity contribution in [1.82, 2.24) is 5.32 Å². The molecule has 0 spiro atoms. The van der Waals surface area contributed by atoms with Gasteiger partial charge in [-0.3, -0.25) is 4.79 Å². The molecule has 0 bridgehead atoms. The first kappa shape index (κ1) is 6.55. The number of carbonyl (C=O) groups excluding carboxylic acids is 1. The quantitative estimate of drug-likeness (QED) is 0.522. The first-order chi connectivity index (χ1) is 4.68. The zero-order valence-corrected chi connectivity index (χ0v) is 5.68. The minimum atomic E-state index is -0.343. The van der Waals surface area contributed by atoms with Gasteiger partial charge in [0.1, 0.15) is 0 Å². The van der Waals surface area contributed by atoms with Crippen LogP contribution in [0.2, 0.25) is 0 Å². The van der Waals surface area contributed by atoms with Crippen molar-refractivity contribution in [2.45, 2.75) is 26.3 Å². The minimum absolute atomic E-state index is 0.272. The average Bonchev–Trinajstić information content (AvgIpc) is 1.88. The normalized spacial score (nSPS) is 14.6. The Kier molecular flexibility index (Phi) is 3.15. The van der Waals surface area contributed by atoms with Gasteiger partial charge < -0.3 is 11.1 Å². The molecular weight excluding hydrogens is 116 g/mol. The van der Waals surface area contributed by atoms with E-state index in [0.29, 0.717) is 13.4 Å². The molecular formula is C6H14N2O. The number of rotatable bonds is 4. The number of nitrogens with one attached hydrogen (secondary N) is 1. The molecule has 0 aliphatic carbocycles. The predicted octanol–water partition coefficient (Wildman–Crippen LogP) is -0.140. The number of primary amides is 1. The van der Waals surface area contributed by atoms with Gasteiger partial charge in [-0.25, -0.2) is 0 Å². The fourth-order valence-electron chi connectivity index (χ4n) is 0.419. The van der Waals surface area contributed by atoms with E-state index < -0.39 is 0 Å². The number of hydrogen-bond acceptors (Lipinski definition) is 2. The molecule has 0 aliphatic heterocycles. The van der Waals surface area contributed by atoms with Gasteiger partial charge in [-0.2, -0.15) is 0 Å². The minimum Gasteiger partial charge on any atom is -0.368 e. The van der Waals surface area contributed by atoms with E-state index in [2.05, 4.69) is 5.32 Å². The van der Waals surface area contributed by atoms with E-state index in [1.165, 1.54) is 0 Å². The highest BCUT2D eigenvalue weighted by molar-refractivity contribution is 5.79. The highest BCUT2D eigenvalue weighted by atomic mass is 16.1. The maximum Gasteiger partial charge on any atom is 0.234 e. The summed E-state index contributed by atoms with van der Waals surface area (Å²) in [5, 5.41) is 2.89. The van der Waals surface area contributed by atoms with Gasteiger partial charge in [0.15, 0.2) is 0 Å². The van der Waals surface area contributed by atoms with Crippen LogP contribution in [0.3, 0.4) is 0 Å². The highest BCUT2D eigenvalue weighted by Gasteiger charge is 2.04. The van der Waals surface area contributed by atoms with Gasteiger partial charge in [-0.15, -0.1) is 0 Å². The van der Waals surface area contributed by atoms with Crippen molar-refractivity contribution in [3.63, 3.8) is 0 Å². The summed E-state index contributed by atoms with van der Waals surface area (Å²) in [5.74, 6) is -0.343. The van der Waals surface area contributed by atoms with Crippen molar-refractivity contribution >= 4 is 5.91 Å². The van der Waals surface area contributed by atoms with E-state index in [4.69, 9.17) is 7.10 Å². The van der Waals surface area contributed by atoms with Crippen LogP contribution in [0, 0.1) is 0 Å². The van der Waals surface area contributed by atoms with Crippen LogP contribution in [0.4, 0.5) is 0 Å². The summed E-state index contributed by atoms with van der Waals surface area (Å²) in [4.78, 5) is 10.4. The van der Waals surface area contributed by atoms with Gasteiger partial charge in [0.25, 0.3) is 0 Å². The Morgan fingerprint density at radius 1 is 2.00 bits per heavy atom. The standard InChI is InChI=1S/C6H14N2O/c1-3-4-8-5(2)6(7)9/h5,8H,3-4H2,1-2H3,(H2,7,9)/t5-/m0/s1/i1D. The van der Waals surface area contributed by atoms with Gasteiger partial charge in [0, 0.05) is 1.37 Å². The summed E-state index contributed by atoms with van der Waals surface area (Å²) in [6.45, 7) is 2.79. The number of carbonyl (C=O) groups is 1. The Hall–Kier alpha value is -0.570. The molecule has 0 rings (SSSR count). The Morgan fingerprint density at radius 2 is 2.67 bits per heavy atom. The van der Waals surface area contributed by atoms with E-state index in [9.17, 15) is 4.79 Å². The summed E-state index contributed by atoms with van der Waals surface area (Å²) < 4.78 is 6.80. The van der Waals surface area contributed by atoms with E-state index >= 15 is 0 Å². The first-order valence-electron chi connectivity index (χ1n) is 3.71. The molecule has 0 aliphatic rings. The summed E-state index contributed by atoms with van der Waals surface area (Å²) in [6, 6.07) is -0.272. The Bertz CT molecular complexity index is 108. The molecule has 3 heteroatoms. The zero-order chi connectivity index (χ0) is 7.98. The lowest BCUT2D eigenvalue weighted by Crippen LogP contribution is -2.38. The van der Waals surface area contributed by atoms with Crippen molar-refractivity contribution in [3.05, 3.63) is 0 Å². The van der Waals surface area contributed by atoms with Crippen molar-refractivity contribution < 1.29 is 6.17 Å². The summed E-state index contributed by atoms with van der Waals surface area (Å²) in [5.41, 5.74) is 4.97. The van der Waals surface area contributed by atoms with E-state index in [0.717, 1.165) is 6.42 Å². The van der Waals surface area contributed by atoms with E-state index in [-0.39, 0.29) is 11.9 Å². The van der Waals surface area contributed by atoms with Gasteiger partial charge in [0.05, 0.1) is 6.04 Å². The van der Waals surface area contributed by atoms with Crippen molar-refractivity contribution in [1.29, 1.82) is 0 Å². The second-order valence-electron chi connectivity index (χ2n) is 1.93. The van der Waals surface area contributed by atoms with Crippen LogP contribution in [0.25, 0.3) is 0 Å². The second kappa shape index (κ2) is 4.32. The monoisotopic (exact) mass is 131 g/mol. The van der Waals surface area contributed by atoms with Crippen molar-refractivity contribution in [3.8, 4) is 0 Å². The van der Waals surface area contributed by atoms with E-state index in [1.54, 1.807) is 6.92 Å². The average molecular weight is 131 g/mol. The molecule has 0 unspecified atom stereocenters.